The second kappa shape index (κ2) is 5.37. The molecule has 0 saturated carbocycles. The third kappa shape index (κ3) is 2.64. The number of hydrogen-bond donors (Lipinski definition) is 1. The van der Waals surface area contributed by atoms with E-state index in [9.17, 15) is 10.4 Å². The minimum absolute atomic E-state index is 0.259. The van der Waals surface area contributed by atoms with E-state index >= 15 is 0 Å². The highest BCUT2D eigenvalue weighted by Gasteiger charge is 2.38. The molecule has 1 N–H and O–H groups in total. The Bertz CT molecular complexity index is 818. The molecule has 0 radical (unpaired) electrons. The summed E-state index contributed by atoms with van der Waals surface area (Å²) >= 11 is 1.63. The Morgan fingerprint density at radius 3 is 2.58 bits per heavy atom. The van der Waals surface area contributed by atoms with Crippen LogP contribution >= 0.6 is 11.3 Å². The molecule has 0 bridgehead atoms. The number of aryl methyl sites for hydroxylation is 1. The van der Waals surface area contributed by atoms with E-state index in [1.165, 1.54) is 0 Å². The Morgan fingerprint density at radius 1 is 1.12 bits per heavy atom. The zero-order chi connectivity index (χ0) is 16.9. The Kier molecular flexibility index (Phi) is 3.52. The molecule has 0 spiro atoms. The highest BCUT2D eigenvalue weighted by Crippen LogP contribution is 2.40. The summed E-state index contributed by atoms with van der Waals surface area (Å²) in [6, 6.07) is 9.78. The summed E-state index contributed by atoms with van der Waals surface area (Å²) in [7, 11) is 1.63. The predicted molar refractivity (Wildman–Crippen MR) is 97.6 cm³/mol. The van der Waals surface area contributed by atoms with Crippen molar-refractivity contribution in [2.24, 2.45) is 4.99 Å². The molecule has 0 unspecified atom stereocenters. The van der Waals surface area contributed by atoms with Gasteiger partial charge in [0.15, 0.2) is 0 Å². The average molecular weight is 344 g/mol. The average Bonchev–Trinajstić information content (AvgIpc) is 2.82. The fourth-order valence-corrected chi connectivity index (χ4v) is 4.16. The molecule has 0 atom stereocenters. The van der Waals surface area contributed by atoms with Crippen molar-refractivity contribution in [2.45, 2.75) is 6.92 Å². The number of rotatable bonds is 0. The molecule has 4 rings (SSSR count). The van der Waals surface area contributed by atoms with Crippen molar-refractivity contribution in [3.63, 3.8) is 0 Å². The molecule has 6 nitrogen and oxygen atoms in total. The van der Waals surface area contributed by atoms with Crippen molar-refractivity contribution in [3.8, 4) is 0 Å². The number of hydroxylamine groups is 6. The zero-order valence-corrected chi connectivity index (χ0v) is 14.6. The van der Waals surface area contributed by atoms with Gasteiger partial charge in [-0.3, -0.25) is 0 Å². The van der Waals surface area contributed by atoms with Crippen LogP contribution in [0.4, 0.5) is 16.4 Å². The van der Waals surface area contributed by atoms with Crippen LogP contribution in [0.2, 0.25) is 0 Å². The number of nitrogens with one attached hydrogen (secondary N) is 1. The van der Waals surface area contributed by atoms with E-state index in [0.29, 0.717) is 18.9 Å². The van der Waals surface area contributed by atoms with Gasteiger partial charge < -0.3 is 25.0 Å². The first-order chi connectivity index (χ1) is 11.4. The number of likely N-dealkylation sites (N-methyl/N-ethyl adjacent to an activating group) is 1. The highest BCUT2D eigenvalue weighted by atomic mass is 32.1. The van der Waals surface area contributed by atoms with E-state index in [2.05, 4.69) is 5.32 Å². The molecule has 24 heavy (non-hydrogen) atoms. The number of para-hydroxylation sites is 2. The number of anilines is 2. The number of benzene rings is 1. The Hall–Kier alpha value is -1.77. The Morgan fingerprint density at radius 2 is 1.83 bits per heavy atom. The van der Waals surface area contributed by atoms with Gasteiger partial charge >= 0.3 is 0 Å². The van der Waals surface area contributed by atoms with Crippen LogP contribution in [0, 0.1) is 17.3 Å². The lowest BCUT2D eigenvalue weighted by Crippen LogP contribution is -2.63. The van der Waals surface area contributed by atoms with Crippen LogP contribution in [0.5, 0.6) is 0 Å². The van der Waals surface area contributed by atoms with E-state index in [0.717, 1.165) is 26.8 Å². The van der Waals surface area contributed by atoms with E-state index < -0.39 is 4.65 Å². The van der Waals surface area contributed by atoms with Crippen molar-refractivity contribution >= 4 is 33.5 Å². The van der Waals surface area contributed by atoms with E-state index in [1.807, 2.05) is 37.3 Å². The van der Waals surface area contributed by atoms with Gasteiger partial charge in [0.2, 0.25) is 5.84 Å². The summed E-state index contributed by atoms with van der Waals surface area (Å²) in [5, 5.41) is 30.1. The van der Waals surface area contributed by atoms with Gasteiger partial charge in [-0.2, -0.15) is 4.99 Å². The normalized spacial score (nSPS) is 29.1. The van der Waals surface area contributed by atoms with Gasteiger partial charge in [-0.1, -0.05) is 12.1 Å². The molecule has 2 aliphatic heterocycles. The first-order valence-electron chi connectivity index (χ1n) is 8.06. The largest absolute Gasteiger partial charge is 0.633 e. The number of amidine groups is 1. The van der Waals surface area contributed by atoms with Crippen LogP contribution in [0.1, 0.15) is 10.4 Å². The lowest BCUT2D eigenvalue weighted by atomic mass is 10.2. The fraction of sp³-hybridized carbons (Fsp3) is 0.353. The summed E-state index contributed by atoms with van der Waals surface area (Å²) in [5.74, 6) is 0.520. The van der Waals surface area contributed by atoms with Crippen LogP contribution in [0.25, 0.3) is 0 Å². The second-order valence-electron chi connectivity index (χ2n) is 6.76. The molecule has 3 heterocycles. The van der Waals surface area contributed by atoms with Crippen LogP contribution in [-0.4, -0.2) is 48.4 Å². The van der Waals surface area contributed by atoms with Gasteiger partial charge in [0.1, 0.15) is 31.2 Å². The maximum absolute atomic E-state index is 13.5. The second-order valence-corrected chi connectivity index (χ2v) is 8.01. The standard InChI is InChI=1S/C17H20N4O2S/c1-12-11-13-16(21(23)9-7-20(2,22)8-10-21)18-14-5-3-4-6-15(14)19-17(13)24-12/h3-6,11,19H,7-10H2,1-2H3. The molecule has 126 valence electrons. The number of fused-ring (bicyclic) bond motifs is 2. The smallest absolute Gasteiger partial charge is 0.238 e. The summed E-state index contributed by atoms with van der Waals surface area (Å²) in [6.07, 6.45) is 0. The third-order valence-corrected chi connectivity index (χ3v) is 5.70. The number of quaternary nitrogens is 2. The molecule has 1 aromatic carbocycles. The Balaban J connectivity index is 1.84. The molecule has 2 aliphatic rings. The van der Waals surface area contributed by atoms with Gasteiger partial charge in [-0.25, -0.2) is 0 Å². The lowest BCUT2D eigenvalue weighted by molar-refractivity contribution is -0.944. The molecule has 0 amide bonds. The Labute approximate surface area is 145 Å². The number of hydrogen-bond acceptors (Lipinski definition) is 5. The monoisotopic (exact) mass is 344 g/mol. The number of thiophene rings is 1. The van der Waals surface area contributed by atoms with Gasteiger partial charge in [-0.15, -0.1) is 11.3 Å². The fourth-order valence-electron chi connectivity index (χ4n) is 3.24. The molecular weight excluding hydrogens is 324 g/mol. The first-order valence-corrected chi connectivity index (χ1v) is 8.88. The predicted octanol–water partition coefficient (Wildman–Crippen LogP) is 3.46. The molecule has 0 aliphatic carbocycles. The van der Waals surface area contributed by atoms with Crippen LogP contribution in [-0.2, 0) is 0 Å². The molecule has 1 saturated heterocycles. The SMILES string of the molecule is Cc1cc2c(s1)Nc1ccccc1N=C2[N+]1([O-])CC[N+](C)([O-])CC1. The number of aliphatic imine (C=N–C) groups is 1. The maximum atomic E-state index is 13.5. The van der Waals surface area contributed by atoms with Crippen molar-refractivity contribution in [3.05, 3.63) is 51.2 Å². The van der Waals surface area contributed by atoms with Crippen LogP contribution in [0.3, 0.4) is 0 Å². The van der Waals surface area contributed by atoms with E-state index in [1.54, 1.807) is 18.4 Å². The minimum Gasteiger partial charge on any atom is -0.633 e. The van der Waals surface area contributed by atoms with E-state index in [4.69, 9.17) is 4.99 Å². The minimum atomic E-state index is -0.532. The highest BCUT2D eigenvalue weighted by molar-refractivity contribution is 7.16. The zero-order valence-electron chi connectivity index (χ0n) is 13.8. The van der Waals surface area contributed by atoms with Gasteiger partial charge in [0.05, 0.1) is 24.0 Å². The van der Waals surface area contributed by atoms with Crippen molar-refractivity contribution in [1.29, 1.82) is 0 Å². The number of nitrogens with zero attached hydrogens (tertiary/aromatic N) is 3. The maximum Gasteiger partial charge on any atom is 0.238 e. The topological polar surface area (TPSA) is 70.5 Å². The van der Waals surface area contributed by atoms with Gasteiger partial charge in [-0.05, 0) is 25.1 Å². The first kappa shape index (κ1) is 15.7. The molecule has 1 aromatic heterocycles. The summed E-state index contributed by atoms with van der Waals surface area (Å²) in [6.45, 7) is 3.18. The van der Waals surface area contributed by atoms with Crippen LogP contribution in [0.15, 0.2) is 35.3 Å². The van der Waals surface area contributed by atoms with Gasteiger partial charge in [0.25, 0.3) is 0 Å². The summed E-state index contributed by atoms with van der Waals surface area (Å²) in [4.78, 5) is 5.88. The molecular formula is C17H20N4O2S. The lowest BCUT2D eigenvalue weighted by Gasteiger charge is -2.52. The van der Waals surface area contributed by atoms with Crippen LogP contribution < -0.4 is 5.32 Å². The summed E-state index contributed by atoms with van der Waals surface area (Å²) in [5.41, 5.74) is 2.54. The van der Waals surface area contributed by atoms with Crippen molar-refractivity contribution in [2.75, 3.05) is 38.5 Å². The van der Waals surface area contributed by atoms with Gasteiger partial charge in [0, 0.05) is 4.88 Å². The molecule has 7 heteroatoms. The van der Waals surface area contributed by atoms with Crippen molar-refractivity contribution < 1.29 is 9.29 Å². The molecule has 1 fully saturated rings. The van der Waals surface area contributed by atoms with E-state index in [-0.39, 0.29) is 17.7 Å². The molecule has 2 aromatic rings. The quantitative estimate of drug-likeness (QED) is 0.588. The van der Waals surface area contributed by atoms with Crippen molar-refractivity contribution in [1.82, 2.24) is 0 Å². The number of piperazine rings is 1. The third-order valence-electron chi connectivity index (χ3n) is 4.73. The summed E-state index contributed by atoms with van der Waals surface area (Å²) < 4.78 is -0.880.